The first-order valence-corrected chi connectivity index (χ1v) is 7.03. The van der Waals surface area contributed by atoms with Crippen LogP contribution in [-0.2, 0) is 18.1 Å². The van der Waals surface area contributed by atoms with Gasteiger partial charge in [-0.25, -0.2) is 22.3 Å². The Morgan fingerprint density at radius 3 is 1.79 bits per heavy atom. The van der Waals surface area contributed by atoms with Crippen molar-refractivity contribution < 1.29 is 40.1 Å². The van der Waals surface area contributed by atoms with Gasteiger partial charge in [-0.05, 0) is 12.8 Å². The highest BCUT2D eigenvalue weighted by molar-refractivity contribution is 7.48. The van der Waals surface area contributed by atoms with Crippen LogP contribution in [0.15, 0.2) is 0 Å². The van der Waals surface area contributed by atoms with Crippen LogP contribution in [0.5, 0.6) is 0 Å². The van der Waals surface area contributed by atoms with Gasteiger partial charge in [-0.1, -0.05) is 13.8 Å². The van der Waals surface area contributed by atoms with Crippen molar-refractivity contribution in [2.45, 2.75) is 45.4 Å². The monoisotopic (exact) mass is 314 g/mol. The lowest BCUT2D eigenvalue weighted by molar-refractivity contribution is -0.226. The Morgan fingerprint density at radius 2 is 1.47 bits per heavy atom. The van der Waals surface area contributed by atoms with Crippen molar-refractivity contribution in [3.05, 3.63) is 0 Å². The molecule has 0 N–H and O–H groups in total. The highest BCUT2D eigenvalue weighted by Gasteiger charge is 2.53. The van der Waals surface area contributed by atoms with Crippen molar-refractivity contribution in [2.24, 2.45) is 0 Å². The van der Waals surface area contributed by atoms with E-state index in [4.69, 9.17) is 0 Å². The molecule has 0 radical (unpaired) electrons. The molecule has 4 nitrogen and oxygen atoms in total. The number of phosphoric acid groups is 1. The van der Waals surface area contributed by atoms with Gasteiger partial charge in [0.25, 0.3) is 6.36 Å². The van der Waals surface area contributed by atoms with E-state index in [-0.39, 0.29) is 13.2 Å². The molecule has 0 aliphatic heterocycles. The Morgan fingerprint density at radius 1 is 1.05 bits per heavy atom. The van der Waals surface area contributed by atoms with E-state index < -0.39 is 26.5 Å². The van der Waals surface area contributed by atoms with E-state index in [0.717, 1.165) is 0 Å². The minimum absolute atomic E-state index is 0.214. The summed E-state index contributed by atoms with van der Waals surface area (Å²) in [5.41, 5.74) is 0. The molecule has 0 heterocycles. The van der Waals surface area contributed by atoms with Gasteiger partial charge in [0.2, 0.25) is 0 Å². The molecule has 0 aromatic heterocycles. The Kier molecular flexibility index (Phi) is 8.03. The summed E-state index contributed by atoms with van der Waals surface area (Å²) in [4.78, 5) is 0. The maximum Gasteiger partial charge on any atom is 0.477 e. The zero-order valence-corrected chi connectivity index (χ0v) is 11.3. The van der Waals surface area contributed by atoms with Crippen molar-refractivity contribution in [1.82, 2.24) is 0 Å². The number of hydrogen-bond acceptors (Lipinski definition) is 4. The van der Waals surface area contributed by atoms with Crippen molar-refractivity contribution in [1.29, 1.82) is 0 Å². The molecule has 0 aromatic rings. The molecule has 0 spiro atoms. The first kappa shape index (κ1) is 18.8. The predicted molar refractivity (Wildman–Crippen MR) is 57.0 cm³/mol. The molecule has 0 bridgehead atoms. The Labute approximate surface area is 107 Å². The summed E-state index contributed by atoms with van der Waals surface area (Å²) in [5, 5.41) is 0. The lowest BCUT2D eigenvalue weighted by atomic mass is 10.4. The number of halogens is 5. The molecule has 116 valence electrons. The number of rotatable bonds is 10. The van der Waals surface area contributed by atoms with Crippen LogP contribution in [0.3, 0.4) is 0 Å². The van der Waals surface area contributed by atoms with E-state index in [0.29, 0.717) is 12.8 Å². The zero-order chi connectivity index (χ0) is 15.1. The second kappa shape index (κ2) is 8.14. The molecule has 1 unspecified atom stereocenters. The first-order valence-electron chi connectivity index (χ1n) is 5.57. The number of phosphoric ester groups is 1. The SMILES string of the molecule is CCCOP(=O)(OCCC)OC(F)C(F)(F)C(F)F. The molecular formula is C9H16F5O4P. The molecule has 0 aliphatic rings. The quantitative estimate of drug-likeness (QED) is 0.449. The molecule has 10 heteroatoms. The predicted octanol–water partition coefficient (Wildman–Crippen LogP) is 4.16. The van der Waals surface area contributed by atoms with Crippen molar-refractivity contribution >= 4 is 7.82 Å². The van der Waals surface area contributed by atoms with Crippen molar-refractivity contribution in [2.75, 3.05) is 13.2 Å². The standard InChI is InChI=1S/C9H16F5O4P/c1-3-5-16-19(15,17-6-4-2)18-8(12)9(13,14)7(10)11/h7-8H,3-6H2,1-2H3. The van der Waals surface area contributed by atoms with Gasteiger partial charge in [0.1, 0.15) is 0 Å². The smallest absolute Gasteiger partial charge is 0.287 e. The van der Waals surface area contributed by atoms with Crippen LogP contribution in [0.1, 0.15) is 26.7 Å². The van der Waals surface area contributed by atoms with E-state index in [9.17, 15) is 26.5 Å². The molecule has 19 heavy (non-hydrogen) atoms. The minimum Gasteiger partial charge on any atom is -0.287 e. The van der Waals surface area contributed by atoms with Gasteiger partial charge in [0, 0.05) is 0 Å². The summed E-state index contributed by atoms with van der Waals surface area (Å²) in [6, 6.07) is 0. The maximum absolute atomic E-state index is 13.0. The third-order valence-corrected chi connectivity index (χ3v) is 3.16. The van der Waals surface area contributed by atoms with Gasteiger partial charge >= 0.3 is 20.2 Å². The second-order valence-electron chi connectivity index (χ2n) is 3.51. The summed E-state index contributed by atoms with van der Waals surface area (Å²) < 4.78 is 86.6. The van der Waals surface area contributed by atoms with Gasteiger partial charge in [0.05, 0.1) is 13.2 Å². The molecule has 1 atom stereocenters. The number of hydrogen-bond donors (Lipinski definition) is 0. The van der Waals surface area contributed by atoms with E-state index in [1.807, 2.05) is 0 Å². The van der Waals surface area contributed by atoms with Gasteiger partial charge < -0.3 is 0 Å². The van der Waals surface area contributed by atoms with Crippen LogP contribution >= 0.6 is 7.82 Å². The highest BCUT2D eigenvalue weighted by Crippen LogP contribution is 2.53. The Balaban J connectivity index is 4.76. The third-order valence-electron chi connectivity index (χ3n) is 1.72. The van der Waals surface area contributed by atoms with E-state index in [1.54, 1.807) is 13.8 Å². The average Bonchev–Trinajstić information content (AvgIpc) is 2.33. The van der Waals surface area contributed by atoms with Crippen LogP contribution < -0.4 is 0 Å². The maximum atomic E-state index is 13.0. The molecular weight excluding hydrogens is 298 g/mol. The largest absolute Gasteiger partial charge is 0.477 e. The van der Waals surface area contributed by atoms with Gasteiger partial charge in [-0.15, -0.1) is 0 Å². The summed E-state index contributed by atoms with van der Waals surface area (Å²) in [6.07, 6.45) is -7.43. The van der Waals surface area contributed by atoms with Crippen LogP contribution in [0.4, 0.5) is 22.0 Å². The van der Waals surface area contributed by atoms with Crippen LogP contribution in [0, 0.1) is 0 Å². The highest BCUT2D eigenvalue weighted by atomic mass is 31.2. The average molecular weight is 314 g/mol. The van der Waals surface area contributed by atoms with Crippen molar-refractivity contribution in [3.63, 3.8) is 0 Å². The topological polar surface area (TPSA) is 44.8 Å². The van der Waals surface area contributed by atoms with E-state index in [1.165, 1.54) is 0 Å². The third kappa shape index (κ3) is 6.16. The second-order valence-corrected chi connectivity index (χ2v) is 5.13. The van der Waals surface area contributed by atoms with Crippen LogP contribution in [0.2, 0.25) is 0 Å². The fourth-order valence-electron chi connectivity index (χ4n) is 0.787. The molecule has 0 aromatic carbocycles. The van der Waals surface area contributed by atoms with E-state index in [2.05, 4.69) is 13.6 Å². The van der Waals surface area contributed by atoms with Gasteiger partial charge in [0.15, 0.2) is 0 Å². The minimum atomic E-state index is -5.10. The summed E-state index contributed by atoms with van der Waals surface area (Å²) >= 11 is 0. The lowest BCUT2D eigenvalue weighted by Gasteiger charge is -2.24. The lowest BCUT2D eigenvalue weighted by Crippen LogP contribution is -2.39. The molecule has 0 amide bonds. The zero-order valence-electron chi connectivity index (χ0n) is 10.5. The molecule has 0 rings (SSSR count). The fourth-order valence-corrected chi connectivity index (χ4v) is 2.16. The molecule has 0 aliphatic carbocycles. The van der Waals surface area contributed by atoms with Crippen LogP contribution in [0.25, 0.3) is 0 Å². The first-order chi connectivity index (χ1) is 8.69. The van der Waals surface area contributed by atoms with E-state index >= 15 is 0 Å². The molecule has 0 saturated carbocycles. The van der Waals surface area contributed by atoms with Crippen LogP contribution in [-0.4, -0.2) is 31.9 Å². The van der Waals surface area contributed by atoms with Gasteiger partial charge in [-0.3, -0.25) is 9.05 Å². The van der Waals surface area contributed by atoms with Gasteiger partial charge in [-0.2, -0.15) is 8.78 Å². The molecule has 0 saturated heterocycles. The fraction of sp³-hybridized carbons (Fsp3) is 1.00. The summed E-state index contributed by atoms with van der Waals surface area (Å²) in [5.74, 6) is -5.10. The number of alkyl halides is 5. The Hall–Kier alpha value is -0.240. The normalized spacial score (nSPS) is 14.9. The summed E-state index contributed by atoms with van der Waals surface area (Å²) in [6.45, 7) is 2.78. The molecule has 0 fully saturated rings. The Bertz CT molecular complexity index is 290. The van der Waals surface area contributed by atoms with Crippen molar-refractivity contribution in [3.8, 4) is 0 Å². The summed E-state index contributed by atoms with van der Waals surface area (Å²) in [7, 11) is -4.63.